The van der Waals surface area contributed by atoms with Crippen molar-refractivity contribution in [2.45, 2.75) is 24.9 Å². The van der Waals surface area contributed by atoms with Crippen LogP contribution in [0.25, 0.3) is 0 Å². The second kappa shape index (κ2) is 7.25. The van der Waals surface area contributed by atoms with Crippen molar-refractivity contribution in [1.82, 2.24) is 5.32 Å². The summed E-state index contributed by atoms with van der Waals surface area (Å²) in [6, 6.07) is 6.24. The number of quaternary nitrogens is 1. The second-order valence-corrected chi connectivity index (χ2v) is 4.35. The van der Waals surface area contributed by atoms with Gasteiger partial charge in [0.15, 0.2) is 0 Å². The molecule has 0 aliphatic carbocycles. The molecule has 0 bridgehead atoms. The second-order valence-electron chi connectivity index (χ2n) is 4.35. The summed E-state index contributed by atoms with van der Waals surface area (Å²) >= 11 is 0. The van der Waals surface area contributed by atoms with E-state index in [4.69, 9.17) is 0 Å². The van der Waals surface area contributed by atoms with Gasteiger partial charge in [-0.25, -0.2) is 0 Å². The predicted octanol–water partition coefficient (Wildman–Crippen LogP) is -3.79. The minimum Gasteiger partial charge on any atom is -0.548 e. The van der Waals surface area contributed by atoms with Crippen LogP contribution in [-0.4, -0.2) is 29.9 Å². The van der Waals surface area contributed by atoms with E-state index in [1.165, 1.54) is 0 Å². The van der Waals surface area contributed by atoms with Crippen LogP contribution in [0.15, 0.2) is 30.3 Å². The highest BCUT2D eigenvalue weighted by atomic mass is 16.4. The zero-order chi connectivity index (χ0) is 15.1. The van der Waals surface area contributed by atoms with Crippen LogP contribution in [0.5, 0.6) is 0 Å². The molecule has 0 unspecified atom stereocenters. The van der Waals surface area contributed by atoms with E-state index in [2.05, 4.69) is 11.1 Å². The van der Waals surface area contributed by atoms with Gasteiger partial charge < -0.3 is 30.9 Å². The number of hydrogen-bond acceptors (Lipinski definition) is 5. The van der Waals surface area contributed by atoms with E-state index in [9.17, 15) is 24.6 Å². The van der Waals surface area contributed by atoms with Crippen LogP contribution in [0.3, 0.4) is 0 Å². The van der Waals surface area contributed by atoms with Gasteiger partial charge in [0.05, 0.1) is 24.4 Å². The molecule has 7 heteroatoms. The fourth-order valence-electron chi connectivity index (χ4n) is 1.60. The van der Waals surface area contributed by atoms with Crippen LogP contribution in [0, 0.1) is 0 Å². The van der Waals surface area contributed by atoms with Gasteiger partial charge in [0.1, 0.15) is 6.04 Å². The van der Waals surface area contributed by atoms with Gasteiger partial charge in [0, 0.05) is 0 Å². The zero-order valence-electron chi connectivity index (χ0n) is 10.7. The Morgan fingerprint density at radius 3 is 2.20 bits per heavy atom. The number of carboxylic acids is 2. The van der Waals surface area contributed by atoms with E-state index in [-0.39, 0.29) is 6.42 Å². The molecule has 7 nitrogen and oxygen atoms in total. The maximum atomic E-state index is 11.5. The fourth-order valence-corrected chi connectivity index (χ4v) is 1.60. The van der Waals surface area contributed by atoms with Crippen molar-refractivity contribution in [2.75, 3.05) is 0 Å². The highest BCUT2D eigenvalue weighted by Crippen LogP contribution is 2.03. The van der Waals surface area contributed by atoms with Crippen LogP contribution < -0.4 is 21.3 Å². The first kappa shape index (κ1) is 15.6. The van der Waals surface area contributed by atoms with Crippen LogP contribution in [0.4, 0.5) is 0 Å². The van der Waals surface area contributed by atoms with E-state index in [0.29, 0.717) is 5.56 Å². The minimum atomic E-state index is -1.46. The molecule has 0 spiro atoms. The molecule has 0 aliphatic rings. The van der Waals surface area contributed by atoms with Crippen LogP contribution >= 0.6 is 0 Å². The lowest BCUT2D eigenvalue weighted by Gasteiger charge is -2.20. The van der Waals surface area contributed by atoms with Crippen LogP contribution in [-0.2, 0) is 20.8 Å². The number of amides is 1. The smallest absolute Gasteiger partial charge is 0.226 e. The van der Waals surface area contributed by atoms with Crippen LogP contribution in [0.2, 0.25) is 0 Å². The molecular formula is C13H15N2O5-. The summed E-state index contributed by atoms with van der Waals surface area (Å²) in [7, 11) is 0. The Morgan fingerprint density at radius 1 is 1.10 bits per heavy atom. The van der Waals surface area contributed by atoms with Gasteiger partial charge in [0.25, 0.3) is 0 Å². The van der Waals surface area contributed by atoms with Crippen molar-refractivity contribution in [3.8, 4) is 0 Å². The van der Waals surface area contributed by atoms with E-state index in [1.807, 2.05) is 0 Å². The first-order valence-electron chi connectivity index (χ1n) is 5.98. The molecule has 108 valence electrons. The molecule has 2 atom stereocenters. The third-order valence-electron chi connectivity index (χ3n) is 2.67. The van der Waals surface area contributed by atoms with Gasteiger partial charge in [-0.05, 0) is 12.0 Å². The Kier molecular flexibility index (Phi) is 5.67. The number of aliphatic carboxylic acids is 2. The number of benzene rings is 1. The third kappa shape index (κ3) is 5.07. The Hall–Kier alpha value is -2.41. The number of hydrogen-bond donors (Lipinski definition) is 2. The van der Waals surface area contributed by atoms with Gasteiger partial charge >= 0.3 is 0 Å². The fraction of sp³-hybridized carbons (Fsp3) is 0.308. The molecule has 1 rings (SSSR count). The zero-order valence-corrected chi connectivity index (χ0v) is 10.7. The summed E-state index contributed by atoms with van der Waals surface area (Å²) < 4.78 is 0. The molecule has 1 aromatic carbocycles. The normalized spacial score (nSPS) is 13.2. The lowest BCUT2D eigenvalue weighted by atomic mass is 10.1. The van der Waals surface area contributed by atoms with Crippen molar-refractivity contribution in [3.05, 3.63) is 35.9 Å². The number of carboxylic acid groups (broad SMARTS) is 2. The van der Waals surface area contributed by atoms with Gasteiger partial charge in [-0.1, -0.05) is 30.3 Å². The lowest BCUT2D eigenvalue weighted by Crippen LogP contribution is -2.69. The van der Waals surface area contributed by atoms with Gasteiger partial charge in [0.2, 0.25) is 5.91 Å². The van der Waals surface area contributed by atoms with Gasteiger partial charge in [-0.2, -0.15) is 0 Å². The average Bonchev–Trinajstić information content (AvgIpc) is 2.38. The predicted molar refractivity (Wildman–Crippen MR) is 63.4 cm³/mol. The Balaban J connectivity index is 2.62. The molecule has 0 heterocycles. The Bertz CT molecular complexity index is 489. The number of nitrogens with one attached hydrogen (secondary N) is 1. The summed E-state index contributed by atoms with van der Waals surface area (Å²) in [4.78, 5) is 33.0. The minimum absolute atomic E-state index is 0.0576. The maximum absolute atomic E-state index is 11.5. The summed E-state index contributed by atoms with van der Waals surface area (Å²) in [5.41, 5.74) is 3.94. The van der Waals surface area contributed by atoms with E-state index in [1.54, 1.807) is 30.3 Å². The first-order valence-corrected chi connectivity index (χ1v) is 5.98. The van der Waals surface area contributed by atoms with Crippen LogP contribution in [0.1, 0.15) is 12.0 Å². The molecule has 0 saturated carbocycles. The van der Waals surface area contributed by atoms with Crippen molar-refractivity contribution in [2.24, 2.45) is 0 Å². The summed E-state index contributed by atoms with van der Waals surface area (Å²) in [6.07, 6.45) is -0.386. The van der Waals surface area contributed by atoms with Crippen molar-refractivity contribution in [1.29, 1.82) is 0 Å². The van der Waals surface area contributed by atoms with E-state index >= 15 is 0 Å². The number of carbonyl (C=O) groups is 3. The molecule has 0 radical (unpaired) electrons. The van der Waals surface area contributed by atoms with Crippen molar-refractivity contribution < 1.29 is 30.3 Å². The van der Waals surface area contributed by atoms with Crippen molar-refractivity contribution in [3.63, 3.8) is 0 Å². The summed E-state index contributed by atoms with van der Waals surface area (Å²) in [5, 5.41) is 23.7. The maximum Gasteiger partial charge on any atom is 0.226 e. The largest absolute Gasteiger partial charge is 0.548 e. The molecule has 0 aliphatic heterocycles. The summed E-state index contributed by atoms with van der Waals surface area (Å²) in [6.45, 7) is 0. The van der Waals surface area contributed by atoms with Gasteiger partial charge in [-0.15, -0.1) is 0 Å². The Labute approximate surface area is 115 Å². The molecule has 1 aromatic rings. The average molecular weight is 279 g/mol. The number of rotatable bonds is 7. The van der Waals surface area contributed by atoms with E-state index < -0.39 is 36.4 Å². The monoisotopic (exact) mass is 279 g/mol. The standard InChI is InChI=1S/C13H16N2O5/c14-9(12(17)18)7-11(16)15-10(13(19)20)6-8-4-2-1-3-5-8/h1-5,9-10H,6-7,14H2,(H,15,16)(H,17,18)(H,19,20)/p-1/t9-,10-/m0/s1. The summed E-state index contributed by atoms with van der Waals surface area (Å²) in [5.74, 6) is -3.62. The SMILES string of the molecule is [NH3+][C@@H](CC(=O)N[C@@H](Cc1ccccc1)C(=O)[O-])C(=O)[O-]. The van der Waals surface area contributed by atoms with Crippen molar-refractivity contribution >= 4 is 17.8 Å². The first-order chi connectivity index (χ1) is 9.40. The third-order valence-corrected chi connectivity index (χ3v) is 2.67. The van der Waals surface area contributed by atoms with E-state index in [0.717, 1.165) is 0 Å². The molecule has 1 amide bonds. The molecule has 0 saturated heterocycles. The number of carbonyl (C=O) groups excluding carboxylic acids is 3. The Morgan fingerprint density at radius 2 is 1.70 bits per heavy atom. The molecular weight excluding hydrogens is 264 g/mol. The highest BCUT2D eigenvalue weighted by Gasteiger charge is 2.18. The molecule has 0 fully saturated rings. The lowest BCUT2D eigenvalue weighted by molar-refractivity contribution is -0.436. The topological polar surface area (TPSA) is 137 Å². The molecule has 20 heavy (non-hydrogen) atoms. The van der Waals surface area contributed by atoms with Gasteiger partial charge in [-0.3, -0.25) is 4.79 Å². The molecule has 4 N–H and O–H groups in total. The highest BCUT2D eigenvalue weighted by molar-refractivity contribution is 5.86. The molecule has 0 aromatic heterocycles. The quantitative estimate of drug-likeness (QED) is 0.527.